The summed E-state index contributed by atoms with van der Waals surface area (Å²) < 4.78 is 30.9. The average molecular weight is 296 g/mol. The van der Waals surface area contributed by atoms with Gasteiger partial charge in [-0.1, -0.05) is 0 Å². The first-order valence-electron chi connectivity index (χ1n) is 6.53. The highest BCUT2D eigenvalue weighted by Gasteiger charge is 2.32. The Kier molecular flexibility index (Phi) is 3.08. The summed E-state index contributed by atoms with van der Waals surface area (Å²) in [6.45, 7) is 0. The molecule has 0 bridgehead atoms. The fraction of sp³-hybridized carbons (Fsp3) is 0.462. The van der Waals surface area contributed by atoms with E-state index in [1.165, 1.54) is 4.57 Å². The van der Waals surface area contributed by atoms with Crippen molar-refractivity contribution in [3.05, 3.63) is 28.7 Å². The standard InChI is InChI=1S/C13H16N2O4S/c1-19-9-5-6-11-10(8-9)14-13(16)15(11)12-4-2-3-7-20(12,17)18/h5-6,8,12H,2-4,7H2,1H3,(H,14,16). The van der Waals surface area contributed by atoms with Gasteiger partial charge in [0.25, 0.3) is 0 Å². The lowest BCUT2D eigenvalue weighted by atomic mass is 10.2. The fourth-order valence-corrected chi connectivity index (χ4v) is 4.69. The molecule has 7 heteroatoms. The molecule has 1 unspecified atom stereocenters. The lowest BCUT2D eigenvalue weighted by molar-refractivity contribution is 0.415. The Labute approximate surface area is 116 Å². The number of rotatable bonds is 2. The topological polar surface area (TPSA) is 81.2 Å². The average Bonchev–Trinajstić information content (AvgIpc) is 2.73. The van der Waals surface area contributed by atoms with Gasteiger partial charge in [-0.25, -0.2) is 13.2 Å². The molecule has 0 radical (unpaired) electrons. The summed E-state index contributed by atoms with van der Waals surface area (Å²) >= 11 is 0. The van der Waals surface area contributed by atoms with Crippen molar-refractivity contribution in [2.24, 2.45) is 0 Å². The number of H-pyrrole nitrogens is 1. The Hall–Kier alpha value is -1.76. The summed E-state index contributed by atoms with van der Waals surface area (Å²) in [5.74, 6) is 0.768. The Morgan fingerprint density at radius 2 is 2.15 bits per heavy atom. The number of fused-ring (bicyclic) bond motifs is 1. The van der Waals surface area contributed by atoms with E-state index in [1.807, 2.05) is 0 Å². The number of ether oxygens (including phenoxy) is 1. The molecule has 1 atom stereocenters. The lowest BCUT2D eigenvalue weighted by Crippen LogP contribution is -2.32. The SMILES string of the molecule is COc1ccc2c(c1)[nH]c(=O)n2C1CCCCS1(=O)=O. The molecule has 2 heterocycles. The van der Waals surface area contributed by atoms with Crippen molar-refractivity contribution in [3.8, 4) is 5.75 Å². The summed E-state index contributed by atoms with van der Waals surface area (Å²) in [4.78, 5) is 14.8. The number of aromatic nitrogens is 2. The lowest BCUT2D eigenvalue weighted by Gasteiger charge is -2.23. The maximum Gasteiger partial charge on any atom is 0.327 e. The number of benzene rings is 1. The second kappa shape index (κ2) is 4.66. The van der Waals surface area contributed by atoms with Crippen molar-refractivity contribution >= 4 is 20.9 Å². The Balaban J connectivity index is 2.21. The Morgan fingerprint density at radius 3 is 2.85 bits per heavy atom. The van der Waals surface area contributed by atoms with Crippen LogP contribution >= 0.6 is 0 Å². The normalized spacial score (nSPS) is 21.9. The van der Waals surface area contributed by atoms with Crippen LogP contribution in [0.4, 0.5) is 0 Å². The minimum Gasteiger partial charge on any atom is -0.497 e. The van der Waals surface area contributed by atoms with Gasteiger partial charge in [0, 0.05) is 6.07 Å². The molecule has 20 heavy (non-hydrogen) atoms. The van der Waals surface area contributed by atoms with Gasteiger partial charge in [0.05, 0.1) is 23.9 Å². The minimum atomic E-state index is -3.26. The summed E-state index contributed by atoms with van der Waals surface area (Å²) in [6.07, 6.45) is 1.98. The Bertz CT molecular complexity index is 803. The van der Waals surface area contributed by atoms with Gasteiger partial charge in [-0.2, -0.15) is 0 Å². The van der Waals surface area contributed by atoms with Gasteiger partial charge in [-0.15, -0.1) is 0 Å². The summed E-state index contributed by atoms with van der Waals surface area (Å²) in [6, 6.07) is 5.14. The zero-order valence-corrected chi connectivity index (χ0v) is 11.9. The first-order chi connectivity index (χ1) is 9.53. The zero-order valence-electron chi connectivity index (χ0n) is 11.1. The fourth-order valence-electron chi connectivity index (χ4n) is 2.75. The molecule has 1 aliphatic rings. The van der Waals surface area contributed by atoms with Crippen molar-refractivity contribution in [2.75, 3.05) is 12.9 Å². The van der Waals surface area contributed by atoms with Gasteiger partial charge in [-0.3, -0.25) is 4.57 Å². The quantitative estimate of drug-likeness (QED) is 0.909. The number of hydrogen-bond acceptors (Lipinski definition) is 4. The van der Waals surface area contributed by atoms with Crippen LogP contribution in [0, 0.1) is 0 Å². The number of methoxy groups -OCH3 is 1. The molecule has 6 nitrogen and oxygen atoms in total. The highest BCUT2D eigenvalue weighted by Crippen LogP contribution is 2.30. The van der Waals surface area contributed by atoms with E-state index in [0.717, 1.165) is 6.42 Å². The zero-order chi connectivity index (χ0) is 14.3. The second-order valence-corrected chi connectivity index (χ2v) is 7.28. The van der Waals surface area contributed by atoms with E-state index in [-0.39, 0.29) is 11.4 Å². The molecule has 0 saturated carbocycles. The second-order valence-electron chi connectivity index (χ2n) is 5.00. The molecule has 1 fully saturated rings. The van der Waals surface area contributed by atoms with Crippen molar-refractivity contribution in [2.45, 2.75) is 24.6 Å². The van der Waals surface area contributed by atoms with Crippen LogP contribution in [0.25, 0.3) is 11.0 Å². The molecular weight excluding hydrogens is 280 g/mol. The largest absolute Gasteiger partial charge is 0.497 e. The monoisotopic (exact) mass is 296 g/mol. The van der Waals surface area contributed by atoms with Crippen LogP contribution in [-0.2, 0) is 9.84 Å². The molecule has 2 aromatic rings. The van der Waals surface area contributed by atoms with E-state index in [9.17, 15) is 13.2 Å². The molecule has 0 aliphatic carbocycles. The van der Waals surface area contributed by atoms with Crippen LogP contribution in [0.15, 0.2) is 23.0 Å². The van der Waals surface area contributed by atoms with Gasteiger partial charge >= 0.3 is 5.69 Å². The number of nitrogens with zero attached hydrogens (tertiary/aromatic N) is 1. The number of imidazole rings is 1. The third-order valence-electron chi connectivity index (χ3n) is 3.76. The highest BCUT2D eigenvalue weighted by atomic mass is 32.2. The van der Waals surface area contributed by atoms with E-state index in [4.69, 9.17) is 4.74 Å². The van der Waals surface area contributed by atoms with E-state index in [1.54, 1.807) is 25.3 Å². The van der Waals surface area contributed by atoms with Crippen molar-refractivity contribution in [1.29, 1.82) is 0 Å². The maximum absolute atomic E-state index is 12.2. The van der Waals surface area contributed by atoms with E-state index in [2.05, 4.69) is 4.98 Å². The van der Waals surface area contributed by atoms with Crippen LogP contribution in [-0.4, -0.2) is 30.8 Å². The predicted molar refractivity (Wildman–Crippen MR) is 75.8 cm³/mol. The van der Waals surface area contributed by atoms with Gasteiger partial charge in [0.1, 0.15) is 11.1 Å². The molecule has 1 aromatic carbocycles. The summed E-state index contributed by atoms with van der Waals surface area (Å²) in [5.41, 5.74) is 0.810. The van der Waals surface area contributed by atoms with Gasteiger partial charge in [-0.05, 0) is 31.4 Å². The van der Waals surface area contributed by atoms with E-state index < -0.39 is 15.2 Å². The third kappa shape index (κ3) is 2.02. The van der Waals surface area contributed by atoms with E-state index >= 15 is 0 Å². The summed E-state index contributed by atoms with van der Waals surface area (Å²) in [7, 11) is -1.72. The van der Waals surface area contributed by atoms with Crippen molar-refractivity contribution in [1.82, 2.24) is 9.55 Å². The van der Waals surface area contributed by atoms with Crippen molar-refractivity contribution < 1.29 is 13.2 Å². The van der Waals surface area contributed by atoms with Crippen LogP contribution in [0.2, 0.25) is 0 Å². The first-order valence-corrected chi connectivity index (χ1v) is 8.24. The molecule has 1 aliphatic heterocycles. The predicted octanol–water partition coefficient (Wildman–Crippen LogP) is 1.44. The van der Waals surface area contributed by atoms with Crippen LogP contribution < -0.4 is 10.4 Å². The molecule has 108 valence electrons. The highest BCUT2D eigenvalue weighted by molar-refractivity contribution is 7.91. The molecule has 1 saturated heterocycles. The number of hydrogen-bond donors (Lipinski definition) is 1. The molecule has 3 rings (SSSR count). The van der Waals surface area contributed by atoms with Gasteiger partial charge < -0.3 is 9.72 Å². The van der Waals surface area contributed by atoms with Crippen molar-refractivity contribution in [3.63, 3.8) is 0 Å². The van der Waals surface area contributed by atoms with Crippen LogP contribution in [0.3, 0.4) is 0 Å². The number of sulfone groups is 1. The molecule has 0 spiro atoms. The van der Waals surface area contributed by atoms with Crippen LogP contribution in [0.5, 0.6) is 5.75 Å². The maximum atomic E-state index is 12.2. The molecule has 1 N–H and O–H groups in total. The van der Waals surface area contributed by atoms with Gasteiger partial charge in [0.15, 0.2) is 9.84 Å². The molecular formula is C13H16N2O4S. The first kappa shape index (κ1) is 13.2. The van der Waals surface area contributed by atoms with E-state index in [0.29, 0.717) is 29.6 Å². The Morgan fingerprint density at radius 1 is 1.35 bits per heavy atom. The number of nitrogens with one attached hydrogen (secondary N) is 1. The molecule has 0 amide bonds. The van der Waals surface area contributed by atoms with Crippen LogP contribution in [0.1, 0.15) is 24.6 Å². The smallest absolute Gasteiger partial charge is 0.327 e. The van der Waals surface area contributed by atoms with Gasteiger partial charge in [0.2, 0.25) is 0 Å². The minimum absolute atomic E-state index is 0.146. The molecule has 1 aromatic heterocycles. The number of aromatic amines is 1. The summed E-state index contributed by atoms with van der Waals surface area (Å²) in [5, 5.41) is -0.758. The third-order valence-corrected chi connectivity index (χ3v) is 5.89.